The van der Waals surface area contributed by atoms with Crippen molar-refractivity contribution in [2.45, 2.75) is 45.0 Å². The number of carbonyl (C=O) groups is 1. The monoisotopic (exact) mass is 417 g/mol. The second-order valence-electron chi connectivity index (χ2n) is 6.35. The van der Waals surface area contributed by atoms with E-state index in [0.717, 1.165) is 0 Å². The van der Waals surface area contributed by atoms with Crippen molar-refractivity contribution in [2.75, 3.05) is 11.1 Å². The summed E-state index contributed by atoms with van der Waals surface area (Å²) >= 11 is 1.24. The fourth-order valence-electron chi connectivity index (χ4n) is 2.55. The van der Waals surface area contributed by atoms with Gasteiger partial charge in [-0.25, -0.2) is 4.98 Å². The lowest BCUT2D eigenvalue weighted by Gasteiger charge is -2.11. The van der Waals surface area contributed by atoms with Gasteiger partial charge < -0.3 is 16.2 Å². The highest BCUT2D eigenvalue weighted by atomic mass is 32.1. The van der Waals surface area contributed by atoms with Crippen LogP contribution in [0.15, 0.2) is 53.8 Å². The number of aryl methyl sites for hydroxylation is 1. The van der Waals surface area contributed by atoms with Crippen molar-refractivity contribution in [1.29, 1.82) is 0 Å². The number of amides is 1. The van der Waals surface area contributed by atoms with Gasteiger partial charge in [-0.1, -0.05) is 48.3 Å². The molecule has 0 aliphatic rings. The topological polar surface area (TPSA) is 88.2 Å². The molecule has 6 heteroatoms. The van der Waals surface area contributed by atoms with Gasteiger partial charge in [-0.3, -0.25) is 4.79 Å². The van der Waals surface area contributed by atoms with E-state index in [9.17, 15) is 9.90 Å². The third-order valence-electron chi connectivity index (χ3n) is 3.94. The van der Waals surface area contributed by atoms with Crippen molar-refractivity contribution in [3.05, 3.63) is 76.2 Å². The number of hydrogen-bond acceptors (Lipinski definition) is 5. The van der Waals surface area contributed by atoms with Gasteiger partial charge in [0.15, 0.2) is 5.13 Å². The summed E-state index contributed by atoms with van der Waals surface area (Å²) in [5, 5.41) is 15.5. The van der Waals surface area contributed by atoms with Crippen LogP contribution in [-0.2, 0) is 17.6 Å². The van der Waals surface area contributed by atoms with E-state index in [0.29, 0.717) is 22.1 Å². The number of nitrogens with two attached hydrogens (primary N) is 1. The summed E-state index contributed by atoms with van der Waals surface area (Å²) in [7, 11) is 0. The number of anilines is 2. The lowest BCUT2D eigenvalue weighted by atomic mass is 10.00. The molecule has 5 nitrogen and oxygen atoms in total. The van der Waals surface area contributed by atoms with Crippen LogP contribution >= 0.6 is 11.3 Å². The quantitative estimate of drug-likeness (QED) is 0.472. The van der Waals surface area contributed by atoms with Crippen LogP contribution in [0, 0.1) is 6.92 Å². The predicted octanol–water partition coefficient (Wildman–Crippen LogP) is 4.66. The molecule has 2 aromatic carbocycles. The van der Waals surface area contributed by atoms with Crippen molar-refractivity contribution in [2.24, 2.45) is 0 Å². The van der Waals surface area contributed by atoms with Crippen LogP contribution in [0.25, 0.3) is 0 Å². The second-order valence-corrected chi connectivity index (χ2v) is 7.24. The van der Waals surface area contributed by atoms with Crippen molar-refractivity contribution >= 4 is 28.1 Å². The lowest BCUT2D eigenvalue weighted by molar-refractivity contribution is -0.115. The van der Waals surface area contributed by atoms with Crippen LogP contribution in [0.4, 0.5) is 10.8 Å². The molecule has 0 unspecified atom stereocenters. The van der Waals surface area contributed by atoms with Crippen LogP contribution in [0.2, 0.25) is 0 Å². The molecule has 4 N–H and O–H groups in total. The number of hydrogen-bond donors (Lipinski definition) is 3. The summed E-state index contributed by atoms with van der Waals surface area (Å²) in [6.45, 7) is 1.38. The molecule has 152 valence electrons. The molecule has 0 bridgehead atoms. The SMILES string of the molecule is [2H]c1c([2H])c(C)c([2H])c([C@@H](O)C([2H])([2H])CC([2H])([2H])Cc2ccc(NC(=O)Cc3csc(N)n3)cc2)c1[2H]. The summed E-state index contributed by atoms with van der Waals surface area (Å²) < 4.78 is 65.2. The highest BCUT2D eigenvalue weighted by Gasteiger charge is 2.08. The number of thiazole rings is 1. The third-order valence-corrected chi connectivity index (χ3v) is 4.66. The zero-order chi connectivity index (χ0) is 27.7. The van der Waals surface area contributed by atoms with Crippen molar-refractivity contribution < 1.29 is 20.9 Å². The molecule has 0 aliphatic heterocycles. The highest BCUT2D eigenvalue weighted by Crippen LogP contribution is 2.21. The lowest BCUT2D eigenvalue weighted by Crippen LogP contribution is -2.14. The van der Waals surface area contributed by atoms with Gasteiger partial charge in [-0.05, 0) is 49.4 Å². The van der Waals surface area contributed by atoms with Gasteiger partial charge in [0.25, 0.3) is 0 Å². The van der Waals surface area contributed by atoms with Gasteiger partial charge in [0, 0.05) is 16.6 Å². The van der Waals surface area contributed by atoms with Crippen LogP contribution in [-0.4, -0.2) is 16.0 Å². The van der Waals surface area contributed by atoms with Gasteiger partial charge in [0.05, 0.1) is 23.7 Å². The van der Waals surface area contributed by atoms with E-state index in [1.807, 2.05) is 0 Å². The molecule has 1 atom stereocenters. The number of aliphatic hydroxyl groups excluding tert-OH is 1. The molecule has 0 saturated heterocycles. The minimum absolute atomic E-state index is 0.0387. The summed E-state index contributed by atoms with van der Waals surface area (Å²) in [5.41, 5.74) is 6.76. The molecule has 3 rings (SSSR count). The van der Waals surface area contributed by atoms with E-state index in [1.165, 1.54) is 18.3 Å². The van der Waals surface area contributed by atoms with Crippen molar-refractivity contribution in [3.63, 3.8) is 0 Å². The Labute approximate surface area is 186 Å². The minimum atomic E-state index is -2.56. The first-order valence-corrected chi connectivity index (χ1v) is 9.83. The fourth-order valence-corrected chi connectivity index (χ4v) is 3.11. The second kappa shape index (κ2) is 10.2. The number of aromatic nitrogens is 1. The van der Waals surface area contributed by atoms with Crippen LogP contribution in [0.1, 0.15) is 58.6 Å². The molecule has 0 radical (unpaired) electrons. The van der Waals surface area contributed by atoms with Gasteiger partial charge >= 0.3 is 0 Å². The first-order valence-electron chi connectivity index (χ1n) is 12.9. The Kier molecular flexibility index (Phi) is 4.49. The number of nitrogens with zero attached hydrogens (tertiary/aromatic N) is 1. The summed E-state index contributed by atoms with van der Waals surface area (Å²) in [5.74, 6) is -0.289. The van der Waals surface area contributed by atoms with E-state index in [4.69, 9.17) is 16.7 Å². The number of nitrogen functional groups attached to an aromatic ring is 1. The van der Waals surface area contributed by atoms with E-state index in [-0.39, 0.29) is 30.4 Å². The van der Waals surface area contributed by atoms with Gasteiger partial charge in [-0.15, -0.1) is 11.3 Å². The minimum Gasteiger partial charge on any atom is -0.388 e. The molecule has 0 fully saturated rings. The number of benzene rings is 2. The van der Waals surface area contributed by atoms with E-state index in [2.05, 4.69) is 10.3 Å². The fraction of sp³-hybridized carbons (Fsp3) is 0.304. The molecule has 1 heterocycles. The Hall–Kier alpha value is -2.70. The van der Waals surface area contributed by atoms with Gasteiger partial charge in [0.2, 0.25) is 5.91 Å². The summed E-state index contributed by atoms with van der Waals surface area (Å²) in [6.07, 6.45) is -7.59. The zero-order valence-corrected chi connectivity index (χ0v) is 16.7. The van der Waals surface area contributed by atoms with Crippen LogP contribution < -0.4 is 11.1 Å². The Morgan fingerprint density at radius 2 is 2.17 bits per heavy atom. The molecule has 0 aliphatic carbocycles. The highest BCUT2D eigenvalue weighted by molar-refractivity contribution is 7.13. The Morgan fingerprint density at radius 1 is 1.38 bits per heavy atom. The normalized spacial score (nSPS) is 16.9. The number of carbonyl (C=O) groups excluding carboxylic acids is 1. The molecular formula is C23H27N3O2S. The standard InChI is InChI=1S/C23H27N3O2S/c1-16-5-4-7-18(13-16)21(27)8-3-2-6-17-9-11-19(12-10-17)25-22(28)14-20-15-29-23(24)26-20/h4-5,7,9-13,15,21,27H,2-3,6,8,14H2,1H3,(H2,24,26)(H,25,28)/t21-/m0/s1/i2D2,4D,5D,7D,8D2,13D. The van der Waals surface area contributed by atoms with E-state index in [1.54, 1.807) is 29.6 Å². The first-order chi connectivity index (χ1) is 17.1. The maximum atomic E-state index is 12.2. The Balaban J connectivity index is 1.68. The molecule has 29 heavy (non-hydrogen) atoms. The van der Waals surface area contributed by atoms with E-state index < -0.39 is 49.0 Å². The van der Waals surface area contributed by atoms with Crippen molar-refractivity contribution in [1.82, 2.24) is 4.98 Å². The smallest absolute Gasteiger partial charge is 0.230 e. The Morgan fingerprint density at radius 3 is 2.90 bits per heavy atom. The molecule has 1 amide bonds. The van der Waals surface area contributed by atoms with Crippen LogP contribution in [0.3, 0.4) is 0 Å². The molecule has 1 aromatic heterocycles. The largest absolute Gasteiger partial charge is 0.388 e. The number of rotatable bonds is 9. The molecule has 3 aromatic rings. The van der Waals surface area contributed by atoms with Crippen molar-refractivity contribution in [3.8, 4) is 0 Å². The average Bonchev–Trinajstić information content (AvgIpc) is 3.21. The third kappa shape index (κ3) is 6.69. The maximum Gasteiger partial charge on any atom is 0.230 e. The molecular weight excluding hydrogens is 382 g/mol. The van der Waals surface area contributed by atoms with Gasteiger partial charge in [-0.2, -0.15) is 0 Å². The average molecular weight is 418 g/mol. The summed E-state index contributed by atoms with van der Waals surface area (Å²) in [4.78, 5) is 16.2. The number of nitrogens with one attached hydrogen (secondary N) is 1. The van der Waals surface area contributed by atoms with Crippen LogP contribution in [0.5, 0.6) is 0 Å². The number of aliphatic hydroxyl groups is 1. The maximum absolute atomic E-state index is 12.2. The Bertz CT molecular complexity index is 1270. The van der Waals surface area contributed by atoms with Gasteiger partial charge in [0.1, 0.15) is 0 Å². The first kappa shape index (κ1) is 12.8. The molecule has 0 spiro atoms. The predicted molar refractivity (Wildman–Crippen MR) is 119 cm³/mol. The molecule has 0 saturated carbocycles. The summed E-state index contributed by atoms with van der Waals surface area (Å²) in [6, 6.07) is 4.52. The van der Waals surface area contributed by atoms with E-state index >= 15 is 0 Å². The zero-order valence-electron chi connectivity index (χ0n) is 23.9.